The molecule has 1 amide bonds. The van der Waals surface area contributed by atoms with E-state index in [9.17, 15) is 4.79 Å². The number of carbonyl (C=O) groups excluding carboxylic acids is 1. The molecule has 1 N–H and O–H groups in total. The highest BCUT2D eigenvalue weighted by molar-refractivity contribution is 8.00. The largest absolute Gasteiger partial charge is 0.355 e. The summed E-state index contributed by atoms with van der Waals surface area (Å²) in [5, 5.41) is 3.62. The number of hydrogen-bond acceptors (Lipinski definition) is 2. The van der Waals surface area contributed by atoms with Gasteiger partial charge in [0.25, 0.3) is 0 Å². The maximum atomic E-state index is 11.8. The number of halogens is 1. The number of rotatable bonds is 6. The van der Waals surface area contributed by atoms with Gasteiger partial charge in [0.2, 0.25) is 5.91 Å². The number of carbonyl (C=O) groups is 1. The van der Waals surface area contributed by atoms with Crippen LogP contribution in [-0.2, 0) is 4.79 Å². The van der Waals surface area contributed by atoms with E-state index in [0.717, 1.165) is 29.3 Å². The first-order chi connectivity index (χ1) is 8.17. The Morgan fingerprint density at radius 1 is 1.35 bits per heavy atom. The average Bonchev–Trinajstić information content (AvgIpc) is 2.35. The Labute approximate surface area is 112 Å². The molecule has 0 saturated heterocycles. The smallest absolute Gasteiger partial charge is 0.233 e. The van der Waals surface area contributed by atoms with Crippen LogP contribution in [0.5, 0.6) is 0 Å². The normalized spacial score (nSPS) is 12.2. The number of nitrogens with one attached hydrogen (secondary N) is 1. The number of thioether (sulfide) groups is 1. The predicted octanol–water partition coefficient (Wildman–Crippen LogP) is 3.74. The molecule has 17 heavy (non-hydrogen) atoms. The van der Waals surface area contributed by atoms with Gasteiger partial charge in [-0.1, -0.05) is 25.4 Å². The minimum atomic E-state index is -0.0253. The highest BCUT2D eigenvalue weighted by atomic mass is 35.5. The summed E-state index contributed by atoms with van der Waals surface area (Å²) in [6.45, 7) is 4.82. The van der Waals surface area contributed by atoms with Crippen molar-refractivity contribution >= 4 is 29.3 Å². The van der Waals surface area contributed by atoms with Gasteiger partial charge in [-0.25, -0.2) is 0 Å². The Balaban J connectivity index is 2.57. The molecular formula is C13H18ClNOS. The Hall–Kier alpha value is -0.670. The molecule has 1 aromatic rings. The molecule has 0 fully saturated rings. The van der Waals surface area contributed by atoms with Crippen LogP contribution in [0.3, 0.4) is 0 Å². The van der Waals surface area contributed by atoms with E-state index in [1.807, 2.05) is 38.1 Å². The summed E-state index contributed by atoms with van der Waals surface area (Å²) in [4.78, 5) is 12.9. The van der Waals surface area contributed by atoms with Crippen LogP contribution in [-0.4, -0.2) is 17.7 Å². The lowest BCUT2D eigenvalue weighted by molar-refractivity contribution is -0.120. The van der Waals surface area contributed by atoms with Crippen LogP contribution in [0.4, 0.5) is 0 Å². The molecule has 0 heterocycles. The van der Waals surface area contributed by atoms with Gasteiger partial charge in [0.1, 0.15) is 0 Å². The molecule has 1 atom stereocenters. The molecule has 0 aromatic heterocycles. The minimum Gasteiger partial charge on any atom is -0.355 e. The lowest BCUT2D eigenvalue weighted by atomic mass is 10.3. The molecule has 1 unspecified atom stereocenters. The van der Waals surface area contributed by atoms with Gasteiger partial charge in [0.05, 0.1) is 5.25 Å². The van der Waals surface area contributed by atoms with E-state index in [-0.39, 0.29) is 11.2 Å². The van der Waals surface area contributed by atoms with E-state index in [1.54, 1.807) is 11.8 Å². The first-order valence-corrected chi connectivity index (χ1v) is 7.13. The van der Waals surface area contributed by atoms with Gasteiger partial charge in [-0.05, 0) is 37.1 Å². The number of hydrogen-bond donors (Lipinski definition) is 1. The van der Waals surface area contributed by atoms with Gasteiger partial charge in [0.15, 0.2) is 0 Å². The standard InChI is InChI=1S/C13H18ClNOS/c1-3-9-15-13(16)12(4-2)17-11-7-5-10(14)6-8-11/h5-8,12H,3-4,9H2,1-2H3,(H,15,16). The zero-order chi connectivity index (χ0) is 12.7. The molecule has 1 aromatic carbocycles. The van der Waals surface area contributed by atoms with E-state index in [0.29, 0.717) is 0 Å². The van der Waals surface area contributed by atoms with Gasteiger partial charge in [-0.2, -0.15) is 0 Å². The van der Waals surface area contributed by atoms with Gasteiger partial charge < -0.3 is 5.32 Å². The highest BCUT2D eigenvalue weighted by Gasteiger charge is 2.16. The molecule has 94 valence electrons. The maximum Gasteiger partial charge on any atom is 0.233 e. The van der Waals surface area contributed by atoms with E-state index in [2.05, 4.69) is 5.32 Å². The van der Waals surface area contributed by atoms with Gasteiger partial charge >= 0.3 is 0 Å². The summed E-state index contributed by atoms with van der Waals surface area (Å²) in [7, 11) is 0. The Morgan fingerprint density at radius 3 is 2.53 bits per heavy atom. The number of benzene rings is 1. The molecule has 0 aliphatic carbocycles. The summed E-state index contributed by atoms with van der Waals surface area (Å²) in [5.41, 5.74) is 0. The van der Waals surface area contributed by atoms with Crippen molar-refractivity contribution in [2.24, 2.45) is 0 Å². The van der Waals surface area contributed by atoms with Crippen molar-refractivity contribution in [2.45, 2.75) is 36.8 Å². The highest BCUT2D eigenvalue weighted by Crippen LogP contribution is 2.26. The van der Waals surface area contributed by atoms with E-state index in [1.165, 1.54) is 0 Å². The monoisotopic (exact) mass is 271 g/mol. The first-order valence-electron chi connectivity index (χ1n) is 5.87. The van der Waals surface area contributed by atoms with E-state index in [4.69, 9.17) is 11.6 Å². The molecule has 0 radical (unpaired) electrons. The fraction of sp³-hybridized carbons (Fsp3) is 0.462. The summed E-state index contributed by atoms with van der Waals surface area (Å²) < 4.78 is 0. The van der Waals surface area contributed by atoms with Crippen molar-refractivity contribution in [3.63, 3.8) is 0 Å². The Kier molecular flexibility index (Phi) is 6.45. The molecule has 4 heteroatoms. The van der Waals surface area contributed by atoms with E-state index < -0.39 is 0 Å². The van der Waals surface area contributed by atoms with Crippen LogP contribution in [0.1, 0.15) is 26.7 Å². The van der Waals surface area contributed by atoms with Crippen LogP contribution >= 0.6 is 23.4 Å². The third-order valence-corrected chi connectivity index (χ3v) is 3.93. The van der Waals surface area contributed by atoms with Crippen molar-refractivity contribution in [1.82, 2.24) is 5.32 Å². The van der Waals surface area contributed by atoms with Crippen molar-refractivity contribution in [3.8, 4) is 0 Å². The van der Waals surface area contributed by atoms with Crippen LogP contribution < -0.4 is 5.32 Å². The van der Waals surface area contributed by atoms with Crippen molar-refractivity contribution in [1.29, 1.82) is 0 Å². The SMILES string of the molecule is CCCNC(=O)C(CC)Sc1ccc(Cl)cc1. The molecule has 0 aliphatic heterocycles. The zero-order valence-electron chi connectivity index (χ0n) is 10.2. The fourth-order valence-electron chi connectivity index (χ4n) is 1.36. The zero-order valence-corrected chi connectivity index (χ0v) is 11.8. The van der Waals surface area contributed by atoms with Gasteiger partial charge in [-0.3, -0.25) is 4.79 Å². The average molecular weight is 272 g/mol. The molecule has 0 spiro atoms. The molecule has 0 aliphatic rings. The van der Waals surface area contributed by atoms with Crippen LogP contribution in [0, 0.1) is 0 Å². The Bertz CT molecular complexity index is 353. The molecule has 0 saturated carbocycles. The molecular weight excluding hydrogens is 254 g/mol. The number of amides is 1. The second-order valence-corrected chi connectivity index (χ2v) is 5.47. The third-order valence-electron chi connectivity index (χ3n) is 2.30. The van der Waals surface area contributed by atoms with E-state index >= 15 is 0 Å². The van der Waals surface area contributed by atoms with Crippen molar-refractivity contribution < 1.29 is 4.79 Å². The van der Waals surface area contributed by atoms with Gasteiger partial charge in [-0.15, -0.1) is 11.8 Å². The topological polar surface area (TPSA) is 29.1 Å². The van der Waals surface area contributed by atoms with Crippen LogP contribution in [0.25, 0.3) is 0 Å². The summed E-state index contributed by atoms with van der Waals surface area (Å²) >= 11 is 7.41. The summed E-state index contributed by atoms with van der Waals surface area (Å²) in [6, 6.07) is 7.59. The first kappa shape index (κ1) is 14.4. The maximum absolute atomic E-state index is 11.8. The third kappa shape index (κ3) is 5.00. The lowest BCUT2D eigenvalue weighted by Gasteiger charge is -2.14. The van der Waals surface area contributed by atoms with Crippen molar-refractivity contribution in [2.75, 3.05) is 6.54 Å². The minimum absolute atomic E-state index is 0.0253. The molecule has 0 bridgehead atoms. The van der Waals surface area contributed by atoms with Crippen LogP contribution in [0.2, 0.25) is 5.02 Å². The molecule has 2 nitrogen and oxygen atoms in total. The Morgan fingerprint density at radius 2 is 2.00 bits per heavy atom. The molecule has 1 rings (SSSR count). The van der Waals surface area contributed by atoms with Crippen LogP contribution in [0.15, 0.2) is 29.2 Å². The summed E-state index contributed by atoms with van der Waals surface area (Å²) in [5.74, 6) is 0.120. The second kappa shape index (κ2) is 7.62. The second-order valence-electron chi connectivity index (χ2n) is 3.76. The predicted molar refractivity (Wildman–Crippen MR) is 74.7 cm³/mol. The van der Waals surface area contributed by atoms with Gasteiger partial charge in [0, 0.05) is 16.5 Å². The lowest BCUT2D eigenvalue weighted by Crippen LogP contribution is -2.32. The van der Waals surface area contributed by atoms with Crippen molar-refractivity contribution in [3.05, 3.63) is 29.3 Å². The summed E-state index contributed by atoms with van der Waals surface area (Å²) in [6.07, 6.45) is 1.79. The quantitative estimate of drug-likeness (QED) is 0.799. The fourth-order valence-corrected chi connectivity index (χ4v) is 2.47.